The summed E-state index contributed by atoms with van der Waals surface area (Å²) in [4.78, 5) is 17.2. The van der Waals surface area contributed by atoms with Gasteiger partial charge < -0.3 is 14.5 Å². The fourth-order valence-electron chi connectivity index (χ4n) is 3.92. The second kappa shape index (κ2) is 7.13. The molecule has 3 aromatic rings. The number of piperazine rings is 1. The van der Waals surface area contributed by atoms with Gasteiger partial charge in [0.1, 0.15) is 4.47 Å². The molecule has 1 saturated heterocycles. The summed E-state index contributed by atoms with van der Waals surface area (Å²) in [5.41, 5.74) is 1.66. The smallest absolute Gasteiger partial charge is 0.275 e. The summed E-state index contributed by atoms with van der Waals surface area (Å²) < 4.78 is 8.12. The Labute approximate surface area is 171 Å². The number of ether oxygens (including phenoxy) is 1. The Kier molecular flexibility index (Phi) is 4.47. The standard InChI is InChI=1S/C21H21BrN4O2/c22-18-19(23-26-8-3-13-28-21(18)26)20(27)25-11-9-24(10-12-25)17-7-6-15-4-1-2-5-16(15)14-17/h1-2,4-7,14H,3,8-13H2. The molecule has 1 fully saturated rings. The molecule has 6 nitrogen and oxygen atoms in total. The summed E-state index contributed by atoms with van der Waals surface area (Å²) >= 11 is 3.51. The van der Waals surface area contributed by atoms with Gasteiger partial charge in [-0.25, -0.2) is 4.68 Å². The van der Waals surface area contributed by atoms with Crippen molar-refractivity contribution in [3.8, 4) is 5.88 Å². The van der Waals surface area contributed by atoms with Crippen LogP contribution in [0.2, 0.25) is 0 Å². The molecule has 0 unspecified atom stereocenters. The van der Waals surface area contributed by atoms with Gasteiger partial charge in [-0.05, 0) is 38.8 Å². The average molecular weight is 441 g/mol. The number of aromatic nitrogens is 2. The van der Waals surface area contributed by atoms with Gasteiger partial charge in [-0.15, -0.1) is 0 Å². The van der Waals surface area contributed by atoms with Crippen LogP contribution < -0.4 is 9.64 Å². The third-order valence-electron chi connectivity index (χ3n) is 5.47. The summed E-state index contributed by atoms with van der Waals surface area (Å²) in [5, 5.41) is 6.96. The zero-order valence-corrected chi connectivity index (χ0v) is 17.1. The van der Waals surface area contributed by atoms with Crippen molar-refractivity contribution in [2.75, 3.05) is 37.7 Å². The van der Waals surface area contributed by atoms with Crippen LogP contribution in [0.3, 0.4) is 0 Å². The van der Waals surface area contributed by atoms with Gasteiger partial charge in [0.25, 0.3) is 5.91 Å². The highest BCUT2D eigenvalue weighted by Gasteiger charge is 2.29. The number of amides is 1. The minimum absolute atomic E-state index is 0.0319. The van der Waals surface area contributed by atoms with E-state index in [4.69, 9.17) is 4.74 Å². The van der Waals surface area contributed by atoms with Crippen molar-refractivity contribution < 1.29 is 9.53 Å². The number of nitrogens with zero attached hydrogens (tertiary/aromatic N) is 4. The first kappa shape index (κ1) is 17.6. The number of hydrogen-bond donors (Lipinski definition) is 0. The molecule has 0 bridgehead atoms. The third-order valence-corrected chi connectivity index (χ3v) is 6.19. The minimum Gasteiger partial charge on any atom is -0.477 e. The van der Waals surface area contributed by atoms with E-state index in [9.17, 15) is 4.79 Å². The fourth-order valence-corrected chi connectivity index (χ4v) is 4.49. The SMILES string of the molecule is O=C(c1nn2c(c1Br)OCCC2)N1CCN(c2ccc3ccccc3c2)CC1. The predicted molar refractivity (Wildman–Crippen MR) is 112 cm³/mol. The first-order valence-electron chi connectivity index (χ1n) is 9.63. The molecule has 0 atom stereocenters. The maximum absolute atomic E-state index is 13.0. The van der Waals surface area contributed by atoms with Crippen molar-refractivity contribution in [1.82, 2.24) is 14.7 Å². The average Bonchev–Trinajstić information content (AvgIpc) is 3.10. The molecule has 0 N–H and O–H groups in total. The quantitative estimate of drug-likeness (QED) is 0.611. The van der Waals surface area contributed by atoms with Gasteiger partial charge in [0, 0.05) is 44.8 Å². The van der Waals surface area contributed by atoms with Crippen molar-refractivity contribution in [3.05, 3.63) is 52.6 Å². The number of aryl methyl sites for hydroxylation is 1. The van der Waals surface area contributed by atoms with Gasteiger partial charge in [0.15, 0.2) is 5.69 Å². The lowest BCUT2D eigenvalue weighted by Crippen LogP contribution is -2.49. The van der Waals surface area contributed by atoms with Crippen molar-refractivity contribution in [2.24, 2.45) is 0 Å². The van der Waals surface area contributed by atoms with Crippen LogP contribution >= 0.6 is 15.9 Å². The van der Waals surface area contributed by atoms with Crippen molar-refractivity contribution in [1.29, 1.82) is 0 Å². The van der Waals surface area contributed by atoms with E-state index in [2.05, 4.69) is 68.4 Å². The second-order valence-electron chi connectivity index (χ2n) is 7.20. The molecule has 5 rings (SSSR count). The zero-order valence-electron chi connectivity index (χ0n) is 15.5. The van der Waals surface area contributed by atoms with Crippen LogP contribution in [0.15, 0.2) is 46.9 Å². The molecule has 0 spiro atoms. The van der Waals surface area contributed by atoms with Crippen LogP contribution in [-0.4, -0.2) is 53.4 Å². The zero-order chi connectivity index (χ0) is 19.1. The molecule has 144 valence electrons. The lowest BCUT2D eigenvalue weighted by atomic mass is 10.1. The van der Waals surface area contributed by atoms with Crippen LogP contribution in [0, 0.1) is 0 Å². The van der Waals surface area contributed by atoms with Gasteiger partial charge in [0.05, 0.1) is 6.61 Å². The molecular formula is C21H21BrN4O2. The molecule has 0 saturated carbocycles. The summed E-state index contributed by atoms with van der Waals surface area (Å²) in [6.45, 7) is 4.44. The van der Waals surface area contributed by atoms with Crippen molar-refractivity contribution in [2.45, 2.75) is 13.0 Å². The lowest BCUT2D eigenvalue weighted by Gasteiger charge is -2.36. The van der Waals surface area contributed by atoms with Gasteiger partial charge >= 0.3 is 0 Å². The summed E-state index contributed by atoms with van der Waals surface area (Å²) in [6, 6.07) is 14.9. The number of fused-ring (bicyclic) bond motifs is 2. The molecule has 0 aliphatic carbocycles. The summed E-state index contributed by atoms with van der Waals surface area (Å²) in [5.74, 6) is 0.639. The van der Waals surface area contributed by atoms with Gasteiger partial charge in [0.2, 0.25) is 5.88 Å². The van der Waals surface area contributed by atoms with Crippen molar-refractivity contribution >= 4 is 38.3 Å². The van der Waals surface area contributed by atoms with Crippen LogP contribution in [0.4, 0.5) is 5.69 Å². The molecule has 3 heterocycles. The number of halogens is 1. The summed E-state index contributed by atoms with van der Waals surface area (Å²) in [7, 11) is 0. The molecular weight excluding hydrogens is 420 g/mol. The Morgan fingerprint density at radius 3 is 2.57 bits per heavy atom. The van der Waals surface area contributed by atoms with Crippen LogP contribution in [-0.2, 0) is 6.54 Å². The molecule has 2 aliphatic heterocycles. The van der Waals surface area contributed by atoms with Gasteiger partial charge in [-0.1, -0.05) is 30.3 Å². The second-order valence-corrected chi connectivity index (χ2v) is 8.00. The molecule has 0 radical (unpaired) electrons. The Bertz CT molecular complexity index is 1040. The molecule has 2 aliphatic rings. The van der Waals surface area contributed by atoms with Crippen LogP contribution in [0.1, 0.15) is 16.9 Å². The number of carbonyl (C=O) groups is 1. The monoisotopic (exact) mass is 440 g/mol. The van der Waals surface area contributed by atoms with E-state index in [0.717, 1.165) is 26.1 Å². The van der Waals surface area contributed by atoms with E-state index in [-0.39, 0.29) is 5.91 Å². The Morgan fingerprint density at radius 1 is 1.00 bits per heavy atom. The van der Waals surface area contributed by atoms with Crippen LogP contribution in [0.25, 0.3) is 10.8 Å². The third kappa shape index (κ3) is 3.03. The first-order valence-corrected chi connectivity index (χ1v) is 10.4. The van der Waals surface area contributed by atoms with Crippen molar-refractivity contribution in [3.63, 3.8) is 0 Å². The van der Waals surface area contributed by atoms with E-state index in [1.54, 1.807) is 4.68 Å². The Hall–Kier alpha value is -2.54. The number of carbonyl (C=O) groups excluding carboxylic acids is 1. The molecule has 1 aromatic heterocycles. The lowest BCUT2D eigenvalue weighted by molar-refractivity contribution is 0.0739. The number of rotatable bonds is 2. The Morgan fingerprint density at radius 2 is 1.79 bits per heavy atom. The summed E-state index contributed by atoms with van der Waals surface area (Å²) in [6.07, 6.45) is 0.916. The fraction of sp³-hybridized carbons (Fsp3) is 0.333. The van der Waals surface area contributed by atoms with Gasteiger partial charge in [-0.2, -0.15) is 5.10 Å². The van der Waals surface area contributed by atoms with E-state index < -0.39 is 0 Å². The molecule has 7 heteroatoms. The molecule has 2 aromatic carbocycles. The largest absolute Gasteiger partial charge is 0.477 e. The maximum Gasteiger partial charge on any atom is 0.275 e. The van der Waals surface area contributed by atoms with Gasteiger partial charge in [-0.3, -0.25) is 4.79 Å². The van der Waals surface area contributed by atoms with E-state index >= 15 is 0 Å². The number of benzene rings is 2. The molecule has 28 heavy (non-hydrogen) atoms. The number of anilines is 1. The number of hydrogen-bond acceptors (Lipinski definition) is 4. The minimum atomic E-state index is -0.0319. The predicted octanol–water partition coefficient (Wildman–Crippen LogP) is 3.54. The van der Waals surface area contributed by atoms with E-state index in [1.165, 1.54) is 16.5 Å². The van der Waals surface area contributed by atoms with E-state index in [1.807, 2.05) is 4.90 Å². The maximum atomic E-state index is 13.0. The van der Waals surface area contributed by atoms with Crippen LogP contribution in [0.5, 0.6) is 5.88 Å². The topological polar surface area (TPSA) is 50.6 Å². The highest BCUT2D eigenvalue weighted by atomic mass is 79.9. The van der Waals surface area contributed by atoms with E-state index in [0.29, 0.717) is 35.7 Å². The normalized spacial score (nSPS) is 16.8. The first-order chi connectivity index (χ1) is 13.7. The highest BCUT2D eigenvalue weighted by molar-refractivity contribution is 9.10. The molecule has 1 amide bonds. The Balaban J connectivity index is 1.30. The highest BCUT2D eigenvalue weighted by Crippen LogP contribution is 2.32.